The SMILES string of the molecule is COC(=O)CN(C)S(=O)(=O)c1cc(C)n(-c2ccc(F)cc2)c1C. The van der Waals surface area contributed by atoms with E-state index in [0.717, 1.165) is 4.31 Å². The summed E-state index contributed by atoms with van der Waals surface area (Å²) in [4.78, 5) is 11.4. The number of benzene rings is 1. The van der Waals surface area contributed by atoms with Gasteiger partial charge in [0.25, 0.3) is 0 Å². The largest absolute Gasteiger partial charge is 0.468 e. The summed E-state index contributed by atoms with van der Waals surface area (Å²) in [6.45, 7) is 3.05. The summed E-state index contributed by atoms with van der Waals surface area (Å²) in [5, 5.41) is 0. The fourth-order valence-corrected chi connectivity index (χ4v) is 3.88. The van der Waals surface area contributed by atoms with Crippen molar-refractivity contribution in [3.8, 4) is 5.69 Å². The summed E-state index contributed by atoms with van der Waals surface area (Å²) in [5.41, 5.74) is 1.82. The molecule has 1 heterocycles. The molecule has 0 unspecified atom stereocenters. The van der Waals surface area contributed by atoms with Crippen LogP contribution in [0.25, 0.3) is 5.69 Å². The second-order valence-electron chi connectivity index (χ2n) is 5.38. The summed E-state index contributed by atoms with van der Waals surface area (Å²) >= 11 is 0. The van der Waals surface area contributed by atoms with Crippen molar-refractivity contribution in [3.63, 3.8) is 0 Å². The zero-order valence-corrected chi connectivity index (χ0v) is 14.7. The number of esters is 1. The van der Waals surface area contributed by atoms with E-state index in [-0.39, 0.29) is 17.3 Å². The van der Waals surface area contributed by atoms with Gasteiger partial charge in [0.15, 0.2) is 0 Å². The molecule has 130 valence electrons. The predicted molar refractivity (Wildman–Crippen MR) is 87.0 cm³/mol. The van der Waals surface area contributed by atoms with Gasteiger partial charge in [0, 0.05) is 24.1 Å². The molecule has 0 bridgehead atoms. The summed E-state index contributed by atoms with van der Waals surface area (Å²) < 4.78 is 45.7. The van der Waals surface area contributed by atoms with Gasteiger partial charge in [-0.1, -0.05) is 0 Å². The molecule has 0 saturated heterocycles. The number of carbonyl (C=O) groups excluding carboxylic acids is 1. The van der Waals surface area contributed by atoms with Gasteiger partial charge in [0.1, 0.15) is 17.3 Å². The number of methoxy groups -OCH3 is 1. The first kappa shape index (κ1) is 18.2. The van der Waals surface area contributed by atoms with Crippen molar-refractivity contribution in [2.45, 2.75) is 18.7 Å². The van der Waals surface area contributed by atoms with Crippen molar-refractivity contribution >= 4 is 16.0 Å². The molecule has 1 aromatic heterocycles. The van der Waals surface area contributed by atoms with E-state index in [0.29, 0.717) is 17.1 Å². The fourth-order valence-electron chi connectivity index (χ4n) is 2.48. The smallest absolute Gasteiger partial charge is 0.321 e. The molecule has 2 aromatic rings. The van der Waals surface area contributed by atoms with Crippen molar-refractivity contribution < 1.29 is 22.3 Å². The number of ether oxygens (including phenoxy) is 1. The minimum absolute atomic E-state index is 0.0933. The van der Waals surface area contributed by atoms with E-state index in [1.807, 2.05) is 0 Å². The molecule has 0 aliphatic carbocycles. The highest BCUT2D eigenvalue weighted by Gasteiger charge is 2.28. The van der Waals surface area contributed by atoms with E-state index < -0.39 is 16.0 Å². The van der Waals surface area contributed by atoms with Crippen LogP contribution in [-0.4, -0.2) is 44.0 Å². The van der Waals surface area contributed by atoms with E-state index in [9.17, 15) is 17.6 Å². The maximum absolute atomic E-state index is 13.1. The highest BCUT2D eigenvalue weighted by Crippen LogP contribution is 2.26. The normalized spacial score (nSPS) is 11.8. The first-order valence-electron chi connectivity index (χ1n) is 7.16. The second kappa shape index (κ2) is 6.74. The number of rotatable bonds is 5. The Balaban J connectivity index is 2.48. The van der Waals surface area contributed by atoms with Gasteiger partial charge in [-0.15, -0.1) is 0 Å². The first-order valence-corrected chi connectivity index (χ1v) is 8.60. The molecule has 24 heavy (non-hydrogen) atoms. The topological polar surface area (TPSA) is 68.6 Å². The average molecular weight is 354 g/mol. The molecule has 0 radical (unpaired) electrons. The van der Waals surface area contributed by atoms with Crippen molar-refractivity contribution in [3.05, 3.63) is 47.5 Å². The Morgan fingerprint density at radius 2 is 1.83 bits per heavy atom. The number of aryl methyl sites for hydroxylation is 1. The Morgan fingerprint density at radius 1 is 1.25 bits per heavy atom. The molecule has 0 aliphatic rings. The Morgan fingerprint density at radius 3 is 2.38 bits per heavy atom. The fraction of sp³-hybridized carbons (Fsp3) is 0.312. The molecule has 0 N–H and O–H groups in total. The Hall–Kier alpha value is -2.19. The summed E-state index contributed by atoms with van der Waals surface area (Å²) in [6.07, 6.45) is 0. The quantitative estimate of drug-likeness (QED) is 0.771. The number of sulfonamides is 1. The van der Waals surface area contributed by atoms with Crippen molar-refractivity contribution in [2.24, 2.45) is 0 Å². The standard InChI is InChI=1S/C16H19FN2O4S/c1-11-9-15(24(21,22)18(3)10-16(20)23-4)12(2)19(11)14-7-5-13(17)6-8-14/h5-9H,10H2,1-4H3. The molecular weight excluding hydrogens is 335 g/mol. The van der Waals surface area contributed by atoms with Crippen LogP contribution in [0.5, 0.6) is 0 Å². The Kier molecular flexibility index (Phi) is 5.10. The molecular formula is C16H19FN2O4S. The maximum atomic E-state index is 13.1. The lowest BCUT2D eigenvalue weighted by Crippen LogP contribution is -2.33. The third-order valence-electron chi connectivity index (χ3n) is 3.74. The molecule has 0 saturated carbocycles. The van der Waals surface area contributed by atoms with E-state index in [1.54, 1.807) is 30.5 Å². The summed E-state index contributed by atoms with van der Waals surface area (Å²) in [7, 11) is -1.34. The number of aromatic nitrogens is 1. The Labute approximate surface area is 140 Å². The molecule has 1 aromatic carbocycles. The van der Waals surface area contributed by atoms with Gasteiger partial charge in [-0.2, -0.15) is 4.31 Å². The highest BCUT2D eigenvalue weighted by molar-refractivity contribution is 7.89. The van der Waals surface area contributed by atoms with Crippen molar-refractivity contribution in [1.82, 2.24) is 8.87 Å². The maximum Gasteiger partial charge on any atom is 0.321 e. The summed E-state index contributed by atoms with van der Waals surface area (Å²) in [6, 6.07) is 7.30. The Bertz CT molecular complexity index is 857. The molecule has 0 aliphatic heterocycles. The van der Waals surface area contributed by atoms with Crippen LogP contribution in [0.4, 0.5) is 4.39 Å². The first-order chi connectivity index (χ1) is 11.2. The van der Waals surface area contributed by atoms with Crippen LogP contribution < -0.4 is 0 Å². The number of hydrogen-bond donors (Lipinski definition) is 0. The number of hydrogen-bond acceptors (Lipinski definition) is 4. The lowest BCUT2D eigenvalue weighted by molar-refractivity contribution is -0.140. The van der Waals surface area contributed by atoms with Crippen LogP contribution in [-0.2, 0) is 19.6 Å². The second-order valence-corrected chi connectivity index (χ2v) is 7.40. The van der Waals surface area contributed by atoms with E-state index in [1.165, 1.54) is 32.4 Å². The number of carbonyl (C=O) groups is 1. The predicted octanol–water partition coefficient (Wildman–Crippen LogP) is 2.03. The minimum Gasteiger partial charge on any atom is -0.468 e. The van der Waals surface area contributed by atoms with E-state index >= 15 is 0 Å². The molecule has 2 rings (SSSR count). The average Bonchev–Trinajstić information content (AvgIpc) is 2.83. The van der Waals surface area contributed by atoms with Gasteiger partial charge < -0.3 is 9.30 Å². The molecule has 0 spiro atoms. The van der Waals surface area contributed by atoms with Gasteiger partial charge in [-0.3, -0.25) is 4.79 Å². The molecule has 6 nitrogen and oxygen atoms in total. The van der Waals surface area contributed by atoms with E-state index in [2.05, 4.69) is 4.74 Å². The van der Waals surface area contributed by atoms with Crippen LogP contribution in [0.15, 0.2) is 35.2 Å². The van der Waals surface area contributed by atoms with Crippen LogP contribution in [0.1, 0.15) is 11.4 Å². The van der Waals surface area contributed by atoms with Crippen LogP contribution in [0.3, 0.4) is 0 Å². The molecule has 8 heteroatoms. The van der Waals surface area contributed by atoms with Crippen molar-refractivity contribution in [1.29, 1.82) is 0 Å². The van der Waals surface area contributed by atoms with Crippen molar-refractivity contribution in [2.75, 3.05) is 20.7 Å². The van der Waals surface area contributed by atoms with Gasteiger partial charge in [-0.25, -0.2) is 12.8 Å². The number of likely N-dealkylation sites (N-methyl/N-ethyl adjacent to an activating group) is 1. The zero-order chi connectivity index (χ0) is 18.1. The number of nitrogens with zero attached hydrogens (tertiary/aromatic N) is 2. The summed E-state index contributed by atoms with van der Waals surface area (Å²) in [5.74, 6) is -1.01. The monoisotopic (exact) mass is 354 g/mol. The van der Waals surface area contributed by atoms with Crippen LogP contribution in [0, 0.1) is 19.7 Å². The third-order valence-corrected chi connectivity index (χ3v) is 5.66. The lowest BCUT2D eigenvalue weighted by Gasteiger charge is -2.16. The minimum atomic E-state index is -3.86. The van der Waals surface area contributed by atoms with Gasteiger partial charge in [-0.05, 0) is 44.2 Å². The van der Waals surface area contributed by atoms with Crippen LogP contribution >= 0.6 is 0 Å². The highest BCUT2D eigenvalue weighted by atomic mass is 32.2. The van der Waals surface area contributed by atoms with E-state index in [4.69, 9.17) is 0 Å². The van der Waals surface area contributed by atoms with Gasteiger partial charge in [0.05, 0.1) is 7.11 Å². The number of halogens is 1. The zero-order valence-electron chi connectivity index (χ0n) is 13.9. The van der Waals surface area contributed by atoms with Gasteiger partial charge in [0.2, 0.25) is 10.0 Å². The lowest BCUT2D eigenvalue weighted by atomic mass is 10.3. The third kappa shape index (κ3) is 3.34. The van der Waals surface area contributed by atoms with Crippen LogP contribution in [0.2, 0.25) is 0 Å². The van der Waals surface area contributed by atoms with Gasteiger partial charge >= 0.3 is 5.97 Å². The molecule has 0 amide bonds. The molecule has 0 fully saturated rings. The molecule has 0 atom stereocenters.